The van der Waals surface area contributed by atoms with E-state index >= 15 is 0 Å². The molecule has 5 aromatic carbocycles. The fourth-order valence-electron chi connectivity index (χ4n) is 11.1. The fourth-order valence-corrected chi connectivity index (χ4v) is 11.1. The first-order valence-electron chi connectivity index (χ1n) is 25.2. The smallest absolute Gasteiger partial charge is 0.227 e. The number of benzene rings is 5. The maximum absolute atomic E-state index is 7.04. The van der Waals surface area contributed by atoms with Crippen LogP contribution in [0.5, 0.6) is 0 Å². The van der Waals surface area contributed by atoms with E-state index in [0.717, 1.165) is 126 Å². The number of rotatable bonds is 18. The van der Waals surface area contributed by atoms with E-state index in [1.54, 1.807) is 0 Å². The van der Waals surface area contributed by atoms with Crippen LogP contribution < -0.4 is 0 Å². The van der Waals surface area contributed by atoms with Gasteiger partial charge in [-0.2, -0.15) is 0 Å². The van der Waals surface area contributed by atoms with E-state index < -0.39 is 0 Å². The van der Waals surface area contributed by atoms with Gasteiger partial charge < -0.3 is 8.83 Å². The number of hydrogen-bond donors (Lipinski definition) is 0. The van der Waals surface area contributed by atoms with Crippen molar-refractivity contribution in [2.75, 3.05) is 0 Å². The van der Waals surface area contributed by atoms with Gasteiger partial charge in [-0.1, -0.05) is 155 Å². The number of aromatic nitrogens is 2. The van der Waals surface area contributed by atoms with Crippen LogP contribution in [-0.4, -0.2) is 9.97 Å². The Morgan fingerprint density at radius 1 is 0.344 bits per heavy atom. The molecule has 0 bridgehead atoms. The van der Waals surface area contributed by atoms with Crippen molar-refractivity contribution in [3.8, 4) is 22.3 Å². The highest BCUT2D eigenvalue weighted by Gasteiger charge is 2.25. The molecule has 0 aliphatic heterocycles. The summed E-state index contributed by atoms with van der Waals surface area (Å²) in [5, 5.41) is 12.7. The molecule has 4 heteroatoms. The molecule has 9 rings (SSSR count). The van der Waals surface area contributed by atoms with Crippen molar-refractivity contribution in [3.05, 3.63) is 118 Å². The highest BCUT2D eigenvalue weighted by atomic mass is 16.3. The van der Waals surface area contributed by atoms with Gasteiger partial charge in [-0.15, -0.1) is 0 Å². The van der Waals surface area contributed by atoms with E-state index in [2.05, 4.69) is 128 Å². The van der Waals surface area contributed by atoms with Crippen LogP contribution in [0, 0.1) is 0 Å². The molecular formula is C60H68N2O2. The molecule has 0 amide bonds. The molecule has 0 spiro atoms. The molecule has 4 heterocycles. The molecule has 0 aliphatic carbocycles. The van der Waals surface area contributed by atoms with E-state index in [4.69, 9.17) is 18.8 Å². The highest BCUT2D eigenvalue weighted by Crippen LogP contribution is 2.46. The summed E-state index contributed by atoms with van der Waals surface area (Å²) in [5.41, 5.74) is 14.5. The van der Waals surface area contributed by atoms with Gasteiger partial charge in [-0.3, -0.25) is 0 Å². The van der Waals surface area contributed by atoms with Gasteiger partial charge >= 0.3 is 0 Å². The molecule has 0 saturated carbocycles. The van der Waals surface area contributed by atoms with Gasteiger partial charge in [0.25, 0.3) is 0 Å². The van der Waals surface area contributed by atoms with Gasteiger partial charge in [0, 0.05) is 35.0 Å². The molecule has 330 valence electrons. The minimum absolute atomic E-state index is 0.797. The third-order valence-electron chi connectivity index (χ3n) is 13.8. The average Bonchev–Trinajstić information content (AvgIpc) is 3.52. The molecule has 0 fully saturated rings. The Morgan fingerprint density at radius 2 is 0.688 bits per heavy atom. The van der Waals surface area contributed by atoms with E-state index in [9.17, 15) is 0 Å². The van der Waals surface area contributed by atoms with Crippen LogP contribution in [-0.2, 0) is 51.4 Å². The molecule has 4 nitrogen and oxygen atoms in total. The Morgan fingerprint density at radius 3 is 1.05 bits per heavy atom. The van der Waals surface area contributed by atoms with Crippen LogP contribution in [0.2, 0.25) is 0 Å². The van der Waals surface area contributed by atoms with Crippen LogP contribution in [0.1, 0.15) is 152 Å². The van der Waals surface area contributed by atoms with Crippen molar-refractivity contribution in [1.82, 2.24) is 9.97 Å². The van der Waals surface area contributed by atoms with E-state index in [0.29, 0.717) is 0 Å². The van der Waals surface area contributed by atoms with Gasteiger partial charge in [0.05, 0.1) is 10.8 Å². The normalized spacial score (nSPS) is 12.1. The highest BCUT2D eigenvalue weighted by molar-refractivity contribution is 6.26. The van der Waals surface area contributed by atoms with Gasteiger partial charge in [-0.25, -0.2) is 9.97 Å². The lowest BCUT2D eigenvalue weighted by atomic mass is 9.86. The fraction of sp³-hybridized carbons (Fsp3) is 0.400. The van der Waals surface area contributed by atoms with Crippen LogP contribution in [0.3, 0.4) is 0 Å². The first kappa shape index (κ1) is 43.8. The molecule has 0 N–H and O–H groups in total. The molecule has 4 aromatic heterocycles. The Kier molecular flexibility index (Phi) is 12.9. The van der Waals surface area contributed by atoms with Crippen LogP contribution in [0.25, 0.3) is 87.5 Å². The standard InChI is InChI=1S/C60H68N2O2/c1-9-19-39-49-35-47(45-29-17-27-43-41(21-11-3)53(25-15-7)63-59(57(49)55(43)45)61-51(39)23-13-5)37-31-33-38(34-32-37)48-36-50-40(20-10-2)52(24-14-6)62-60-58(50)56-44(28-18-30-46(48)56)42(22-12-4)54(64-60)26-16-8/h17-18,27-36H,9-16,19-26H2,1-8H3. The SMILES string of the molecule is CCCc1nc2oc(CCC)c(CCC)c3cccc4c(-c5ccc(-c6cc7c(CCC)c(CCC)nc8oc(CCC)c(CCC)c9cccc6c9c87)cc5)cc(c1CCC)c2c43. The van der Waals surface area contributed by atoms with Gasteiger partial charge in [0.15, 0.2) is 0 Å². The maximum atomic E-state index is 7.04. The predicted molar refractivity (Wildman–Crippen MR) is 274 cm³/mol. The summed E-state index contributed by atoms with van der Waals surface area (Å²) in [6.07, 6.45) is 16.1. The first-order chi connectivity index (χ1) is 31.4. The summed E-state index contributed by atoms with van der Waals surface area (Å²) in [4.78, 5) is 10.8. The number of pyridine rings is 2. The quantitative estimate of drug-likeness (QED) is 0.0807. The summed E-state index contributed by atoms with van der Waals surface area (Å²) in [6.45, 7) is 18.2. The lowest BCUT2D eigenvalue weighted by molar-refractivity contribution is 0.516. The van der Waals surface area contributed by atoms with Gasteiger partial charge in [-0.05, 0) is 140 Å². The van der Waals surface area contributed by atoms with Crippen LogP contribution >= 0.6 is 0 Å². The topological polar surface area (TPSA) is 52.1 Å². The van der Waals surface area contributed by atoms with Crippen molar-refractivity contribution in [1.29, 1.82) is 0 Å². The van der Waals surface area contributed by atoms with Crippen molar-refractivity contribution in [2.24, 2.45) is 0 Å². The Balaban J connectivity index is 1.34. The zero-order valence-corrected chi connectivity index (χ0v) is 40.0. The van der Waals surface area contributed by atoms with Crippen LogP contribution in [0.4, 0.5) is 0 Å². The minimum atomic E-state index is 0.797. The monoisotopic (exact) mass is 849 g/mol. The second-order valence-electron chi connectivity index (χ2n) is 18.4. The van der Waals surface area contributed by atoms with E-state index in [-0.39, 0.29) is 0 Å². The molecule has 0 atom stereocenters. The number of nitrogens with zero attached hydrogens (tertiary/aromatic N) is 2. The van der Waals surface area contributed by atoms with Crippen LogP contribution in [0.15, 0.2) is 81.6 Å². The van der Waals surface area contributed by atoms with Gasteiger partial charge in [0.1, 0.15) is 11.5 Å². The predicted octanol–water partition coefficient (Wildman–Crippen LogP) is 17.5. The lowest BCUT2D eigenvalue weighted by Crippen LogP contribution is -2.01. The second kappa shape index (κ2) is 18.9. The third-order valence-corrected chi connectivity index (χ3v) is 13.8. The summed E-state index contributed by atoms with van der Waals surface area (Å²) >= 11 is 0. The molecule has 9 aromatic rings. The largest absolute Gasteiger partial charge is 0.442 e. The summed E-state index contributed by atoms with van der Waals surface area (Å²) in [7, 11) is 0. The maximum Gasteiger partial charge on any atom is 0.227 e. The molecule has 0 unspecified atom stereocenters. The minimum Gasteiger partial charge on any atom is -0.442 e. The average molecular weight is 849 g/mol. The summed E-state index contributed by atoms with van der Waals surface area (Å²) in [5.74, 6) is 2.19. The zero-order chi connectivity index (χ0) is 44.5. The van der Waals surface area contributed by atoms with Crippen molar-refractivity contribution in [3.63, 3.8) is 0 Å². The van der Waals surface area contributed by atoms with Crippen molar-refractivity contribution < 1.29 is 8.83 Å². The summed E-state index contributed by atoms with van der Waals surface area (Å²) in [6, 6.07) is 28.4. The first-order valence-corrected chi connectivity index (χ1v) is 25.2. The lowest BCUT2D eigenvalue weighted by Gasteiger charge is -2.18. The Bertz CT molecular complexity index is 2930. The van der Waals surface area contributed by atoms with E-state index in [1.165, 1.54) is 110 Å². The molecular weight excluding hydrogens is 781 g/mol. The second-order valence-corrected chi connectivity index (χ2v) is 18.4. The Hall–Kier alpha value is -5.48. The number of aryl methyl sites for hydroxylation is 8. The summed E-state index contributed by atoms with van der Waals surface area (Å²) < 4.78 is 14.1. The molecule has 64 heavy (non-hydrogen) atoms. The number of hydrogen-bond acceptors (Lipinski definition) is 4. The van der Waals surface area contributed by atoms with Gasteiger partial charge in [0.2, 0.25) is 11.4 Å². The third kappa shape index (κ3) is 7.49. The molecule has 0 radical (unpaired) electrons. The zero-order valence-electron chi connectivity index (χ0n) is 40.0. The Labute approximate surface area is 380 Å². The molecule has 0 saturated heterocycles. The van der Waals surface area contributed by atoms with Crippen molar-refractivity contribution in [2.45, 2.75) is 158 Å². The van der Waals surface area contributed by atoms with Crippen molar-refractivity contribution >= 4 is 65.3 Å². The molecule has 0 aliphatic rings. The van der Waals surface area contributed by atoms with E-state index in [1.807, 2.05) is 0 Å².